The van der Waals surface area contributed by atoms with E-state index in [0.29, 0.717) is 12.0 Å². The van der Waals surface area contributed by atoms with Crippen molar-refractivity contribution in [1.82, 2.24) is 15.5 Å². The van der Waals surface area contributed by atoms with Gasteiger partial charge in [0.25, 0.3) is 0 Å². The van der Waals surface area contributed by atoms with E-state index in [0.717, 1.165) is 32.4 Å². The van der Waals surface area contributed by atoms with Gasteiger partial charge in [-0.25, -0.2) is 0 Å². The van der Waals surface area contributed by atoms with Gasteiger partial charge in [-0.15, -0.1) is 0 Å². The first-order chi connectivity index (χ1) is 11.0. The van der Waals surface area contributed by atoms with Crippen LogP contribution in [-0.4, -0.2) is 47.9 Å². The monoisotopic (exact) mass is 321 g/mol. The number of hydrogen-bond donors (Lipinski definition) is 2. The second-order valence-corrected chi connectivity index (χ2v) is 7.87. The lowest BCUT2D eigenvalue weighted by molar-refractivity contribution is -0.137. The first kappa shape index (κ1) is 16.7. The Balaban J connectivity index is 1.48. The van der Waals surface area contributed by atoms with E-state index in [9.17, 15) is 9.59 Å². The summed E-state index contributed by atoms with van der Waals surface area (Å²) in [6, 6.07) is 0.768. The van der Waals surface area contributed by atoms with E-state index in [1.165, 1.54) is 25.7 Å². The number of likely N-dealkylation sites (tertiary alicyclic amines) is 1. The number of fused-ring (bicyclic) bond motifs is 1. The van der Waals surface area contributed by atoms with Crippen molar-refractivity contribution in [3.63, 3.8) is 0 Å². The van der Waals surface area contributed by atoms with Gasteiger partial charge in [-0.05, 0) is 51.9 Å². The first-order valence-electron chi connectivity index (χ1n) is 9.40. The molecular formula is C18H31N3O2. The highest BCUT2D eigenvalue weighted by molar-refractivity contribution is 5.83. The first-order valence-corrected chi connectivity index (χ1v) is 9.40. The van der Waals surface area contributed by atoms with E-state index >= 15 is 0 Å². The molecule has 130 valence electrons. The molecule has 0 bridgehead atoms. The Morgan fingerprint density at radius 3 is 2.43 bits per heavy atom. The summed E-state index contributed by atoms with van der Waals surface area (Å²) in [6.45, 7) is 5.43. The Labute approximate surface area is 139 Å². The van der Waals surface area contributed by atoms with Crippen LogP contribution < -0.4 is 10.6 Å². The number of nitrogens with zero attached hydrogens (tertiary/aromatic N) is 1. The smallest absolute Gasteiger partial charge is 0.239 e. The quantitative estimate of drug-likeness (QED) is 0.831. The highest BCUT2D eigenvalue weighted by Gasteiger charge is 2.40. The molecule has 2 N–H and O–H groups in total. The van der Waals surface area contributed by atoms with Crippen LogP contribution in [0.15, 0.2) is 0 Å². The second kappa shape index (κ2) is 7.20. The fourth-order valence-corrected chi connectivity index (χ4v) is 4.50. The van der Waals surface area contributed by atoms with Crippen LogP contribution >= 0.6 is 0 Å². The summed E-state index contributed by atoms with van der Waals surface area (Å²) >= 11 is 0. The number of carbonyl (C=O) groups excluding carboxylic acids is 2. The number of rotatable bonds is 3. The zero-order chi connectivity index (χ0) is 16.4. The zero-order valence-corrected chi connectivity index (χ0v) is 14.5. The lowest BCUT2D eigenvalue weighted by Crippen LogP contribution is -2.50. The third kappa shape index (κ3) is 3.87. The number of piperidine rings is 1. The molecule has 2 saturated heterocycles. The van der Waals surface area contributed by atoms with E-state index in [1.807, 2.05) is 18.7 Å². The standard InChI is InChI=1S/C18H31N3O2/c1-12(2)19-17(22)13-7-9-21(10-8-13)18(23)16-11-14-5-3-4-6-15(14)20-16/h12-16,20H,3-11H2,1-2H3,(H,19,22)/t14-,15-,16-/m0/s1. The van der Waals surface area contributed by atoms with Crippen LogP contribution in [0.3, 0.4) is 0 Å². The van der Waals surface area contributed by atoms with Crippen molar-refractivity contribution in [2.45, 2.75) is 76.9 Å². The van der Waals surface area contributed by atoms with Crippen molar-refractivity contribution in [1.29, 1.82) is 0 Å². The van der Waals surface area contributed by atoms with Crippen LogP contribution in [-0.2, 0) is 9.59 Å². The number of amides is 2. The maximum absolute atomic E-state index is 12.8. The van der Waals surface area contributed by atoms with Gasteiger partial charge >= 0.3 is 0 Å². The second-order valence-electron chi connectivity index (χ2n) is 7.87. The minimum atomic E-state index is 0.0177. The highest BCUT2D eigenvalue weighted by Crippen LogP contribution is 2.34. The van der Waals surface area contributed by atoms with Gasteiger partial charge in [0.2, 0.25) is 11.8 Å². The molecule has 3 fully saturated rings. The summed E-state index contributed by atoms with van der Waals surface area (Å²) in [5, 5.41) is 6.57. The van der Waals surface area contributed by atoms with Gasteiger partial charge in [0.05, 0.1) is 6.04 Å². The molecule has 3 atom stereocenters. The van der Waals surface area contributed by atoms with Gasteiger partial charge in [-0.3, -0.25) is 9.59 Å². The molecule has 2 aliphatic heterocycles. The highest BCUT2D eigenvalue weighted by atomic mass is 16.2. The summed E-state index contributed by atoms with van der Waals surface area (Å²) in [5.41, 5.74) is 0. The molecule has 0 radical (unpaired) electrons. The van der Waals surface area contributed by atoms with Crippen molar-refractivity contribution in [2.24, 2.45) is 11.8 Å². The Morgan fingerprint density at radius 1 is 1.09 bits per heavy atom. The van der Waals surface area contributed by atoms with E-state index in [-0.39, 0.29) is 29.8 Å². The third-order valence-electron chi connectivity index (χ3n) is 5.77. The fraction of sp³-hybridized carbons (Fsp3) is 0.889. The van der Waals surface area contributed by atoms with Crippen molar-refractivity contribution >= 4 is 11.8 Å². The fourth-order valence-electron chi connectivity index (χ4n) is 4.50. The summed E-state index contributed by atoms with van der Waals surface area (Å²) < 4.78 is 0. The van der Waals surface area contributed by atoms with Crippen molar-refractivity contribution in [3.05, 3.63) is 0 Å². The predicted octanol–water partition coefficient (Wildman–Crippen LogP) is 1.67. The molecule has 2 amide bonds. The molecule has 23 heavy (non-hydrogen) atoms. The molecule has 5 nitrogen and oxygen atoms in total. The number of nitrogens with one attached hydrogen (secondary N) is 2. The van der Waals surface area contributed by atoms with Gasteiger partial charge in [-0.1, -0.05) is 12.8 Å². The summed E-state index contributed by atoms with van der Waals surface area (Å²) in [6.07, 6.45) is 7.72. The predicted molar refractivity (Wildman–Crippen MR) is 89.9 cm³/mol. The van der Waals surface area contributed by atoms with Crippen LogP contribution in [0.5, 0.6) is 0 Å². The van der Waals surface area contributed by atoms with Crippen LogP contribution in [0.2, 0.25) is 0 Å². The van der Waals surface area contributed by atoms with Gasteiger partial charge in [-0.2, -0.15) is 0 Å². The summed E-state index contributed by atoms with van der Waals surface area (Å²) in [4.78, 5) is 26.8. The Kier molecular flexibility index (Phi) is 5.24. The van der Waals surface area contributed by atoms with Gasteiger partial charge < -0.3 is 15.5 Å². The molecule has 5 heteroatoms. The molecule has 1 saturated carbocycles. The zero-order valence-electron chi connectivity index (χ0n) is 14.5. The normalized spacial score (nSPS) is 32.0. The minimum Gasteiger partial charge on any atom is -0.354 e. The van der Waals surface area contributed by atoms with E-state index in [2.05, 4.69) is 10.6 Å². The van der Waals surface area contributed by atoms with Crippen LogP contribution in [0, 0.1) is 11.8 Å². The number of carbonyl (C=O) groups is 2. The molecule has 0 aromatic rings. The molecular weight excluding hydrogens is 290 g/mol. The SMILES string of the molecule is CC(C)NC(=O)C1CCN(C(=O)[C@@H]2C[C@@H]3CCCC[C@@H]3N2)CC1. The van der Waals surface area contributed by atoms with Gasteiger partial charge in [0.1, 0.15) is 0 Å². The van der Waals surface area contributed by atoms with Crippen molar-refractivity contribution in [3.8, 4) is 0 Å². The maximum atomic E-state index is 12.8. The molecule has 1 aliphatic carbocycles. The summed E-state index contributed by atoms with van der Waals surface area (Å²) in [7, 11) is 0. The molecule has 3 aliphatic rings. The van der Waals surface area contributed by atoms with Crippen LogP contribution in [0.25, 0.3) is 0 Å². The van der Waals surface area contributed by atoms with E-state index in [4.69, 9.17) is 0 Å². The molecule has 0 unspecified atom stereocenters. The van der Waals surface area contributed by atoms with Gasteiger partial charge in [0.15, 0.2) is 0 Å². The molecule has 0 aromatic heterocycles. The Hall–Kier alpha value is -1.10. The molecule has 3 rings (SSSR count). The Bertz CT molecular complexity index is 430. The third-order valence-corrected chi connectivity index (χ3v) is 5.77. The lowest BCUT2D eigenvalue weighted by atomic mass is 9.85. The van der Waals surface area contributed by atoms with Crippen molar-refractivity contribution < 1.29 is 9.59 Å². The van der Waals surface area contributed by atoms with Crippen molar-refractivity contribution in [2.75, 3.05) is 13.1 Å². The number of hydrogen-bond acceptors (Lipinski definition) is 3. The average molecular weight is 321 g/mol. The molecule has 0 spiro atoms. The topological polar surface area (TPSA) is 61.4 Å². The largest absolute Gasteiger partial charge is 0.354 e. The van der Waals surface area contributed by atoms with E-state index in [1.54, 1.807) is 0 Å². The maximum Gasteiger partial charge on any atom is 0.239 e. The lowest BCUT2D eigenvalue weighted by Gasteiger charge is -2.33. The molecule has 0 aromatic carbocycles. The molecule has 2 heterocycles. The van der Waals surface area contributed by atoms with Gasteiger partial charge in [0, 0.05) is 31.1 Å². The van der Waals surface area contributed by atoms with E-state index < -0.39 is 0 Å². The summed E-state index contributed by atoms with van der Waals surface area (Å²) in [5.74, 6) is 1.19. The van der Waals surface area contributed by atoms with Crippen LogP contribution in [0.4, 0.5) is 0 Å². The average Bonchev–Trinajstić information content (AvgIpc) is 2.97. The Morgan fingerprint density at radius 2 is 1.78 bits per heavy atom. The van der Waals surface area contributed by atoms with Crippen LogP contribution in [0.1, 0.15) is 58.8 Å². The minimum absolute atomic E-state index is 0.0177.